The summed E-state index contributed by atoms with van der Waals surface area (Å²) in [6.07, 6.45) is 1.46. The lowest BCUT2D eigenvalue weighted by Gasteiger charge is -2.14. The number of para-hydroxylation sites is 1. The van der Waals surface area contributed by atoms with Gasteiger partial charge in [-0.2, -0.15) is 9.78 Å². The van der Waals surface area contributed by atoms with E-state index in [4.69, 9.17) is 4.84 Å². The summed E-state index contributed by atoms with van der Waals surface area (Å²) in [4.78, 5) is 44.0. The molecule has 4 aromatic rings. The van der Waals surface area contributed by atoms with Gasteiger partial charge in [0.15, 0.2) is 11.9 Å². The Morgan fingerprint density at radius 1 is 1.00 bits per heavy atom. The molecular weight excluding hydrogens is 484 g/mol. The zero-order chi connectivity index (χ0) is 26.5. The standard InChI is InChI=1S/C24H18N6O7/c1-15(37-26-13-16-5-4-6-18(11-16)29(33)34)23-27-21-8-3-2-7-20(21)24(32)28(23)25-14-17-12-19(30(35)36)9-10-22(17)31/h2-15,31H,1H3/b25-14+,26-13+. The summed E-state index contributed by atoms with van der Waals surface area (Å²) in [6.45, 7) is 1.57. The van der Waals surface area contributed by atoms with Crippen LogP contribution in [-0.4, -0.2) is 37.0 Å². The molecule has 1 aromatic heterocycles. The number of aromatic hydroxyl groups is 1. The van der Waals surface area contributed by atoms with Gasteiger partial charge in [0.25, 0.3) is 16.9 Å². The topological polar surface area (TPSA) is 175 Å². The summed E-state index contributed by atoms with van der Waals surface area (Å²) in [5.74, 6) is -0.218. The molecule has 0 saturated heterocycles. The van der Waals surface area contributed by atoms with E-state index in [1.54, 1.807) is 37.3 Å². The predicted molar refractivity (Wildman–Crippen MR) is 134 cm³/mol. The molecular formula is C24H18N6O7. The Hall–Kier alpha value is -5.46. The molecule has 1 unspecified atom stereocenters. The molecule has 3 aromatic carbocycles. The third kappa shape index (κ3) is 5.45. The number of fused-ring (bicyclic) bond motifs is 1. The Kier molecular flexibility index (Phi) is 6.95. The molecule has 13 nitrogen and oxygen atoms in total. The van der Waals surface area contributed by atoms with Crippen molar-refractivity contribution >= 4 is 34.7 Å². The number of non-ortho nitro benzene ring substituents is 2. The van der Waals surface area contributed by atoms with Gasteiger partial charge in [-0.3, -0.25) is 25.0 Å². The molecule has 0 aliphatic carbocycles. The van der Waals surface area contributed by atoms with Crippen LogP contribution in [0, 0.1) is 20.2 Å². The molecule has 0 radical (unpaired) electrons. The van der Waals surface area contributed by atoms with Crippen molar-refractivity contribution in [3.63, 3.8) is 0 Å². The van der Waals surface area contributed by atoms with Gasteiger partial charge in [0, 0.05) is 35.4 Å². The van der Waals surface area contributed by atoms with Gasteiger partial charge in [0.1, 0.15) is 5.75 Å². The number of benzene rings is 3. The van der Waals surface area contributed by atoms with Gasteiger partial charge < -0.3 is 9.94 Å². The van der Waals surface area contributed by atoms with Crippen LogP contribution in [0.4, 0.5) is 11.4 Å². The smallest absolute Gasteiger partial charge is 0.282 e. The van der Waals surface area contributed by atoms with E-state index in [0.717, 1.165) is 29.1 Å². The van der Waals surface area contributed by atoms with Crippen LogP contribution in [0.3, 0.4) is 0 Å². The van der Waals surface area contributed by atoms with E-state index in [0.29, 0.717) is 11.1 Å². The summed E-state index contributed by atoms with van der Waals surface area (Å²) >= 11 is 0. The van der Waals surface area contributed by atoms with Gasteiger partial charge in [-0.15, -0.1) is 0 Å². The molecule has 0 amide bonds. The Labute approximate surface area is 207 Å². The number of hydrogen-bond donors (Lipinski definition) is 1. The van der Waals surface area contributed by atoms with E-state index in [1.165, 1.54) is 24.4 Å². The molecule has 1 heterocycles. The number of hydrogen-bond acceptors (Lipinski definition) is 10. The number of rotatable bonds is 8. The minimum absolute atomic E-state index is 0.0115. The van der Waals surface area contributed by atoms with Crippen LogP contribution < -0.4 is 5.56 Å². The van der Waals surface area contributed by atoms with Crippen LogP contribution in [0.2, 0.25) is 0 Å². The summed E-state index contributed by atoms with van der Waals surface area (Å²) in [6, 6.07) is 15.7. The van der Waals surface area contributed by atoms with Gasteiger partial charge in [-0.25, -0.2) is 4.98 Å². The Bertz CT molecular complexity index is 1630. The molecule has 186 valence electrons. The number of phenolic OH excluding ortho intramolecular Hbond substituents is 1. The maximum Gasteiger partial charge on any atom is 0.282 e. The van der Waals surface area contributed by atoms with Crippen LogP contribution in [0.1, 0.15) is 30.0 Å². The molecule has 1 N–H and O–H groups in total. The van der Waals surface area contributed by atoms with E-state index in [-0.39, 0.29) is 33.9 Å². The van der Waals surface area contributed by atoms with Crippen molar-refractivity contribution in [2.24, 2.45) is 10.3 Å². The van der Waals surface area contributed by atoms with Crippen molar-refractivity contribution in [2.45, 2.75) is 13.0 Å². The zero-order valence-corrected chi connectivity index (χ0v) is 19.2. The van der Waals surface area contributed by atoms with E-state index in [9.17, 15) is 30.1 Å². The minimum atomic E-state index is -0.914. The average Bonchev–Trinajstić information content (AvgIpc) is 2.89. The highest BCUT2D eigenvalue weighted by Gasteiger charge is 2.18. The number of oxime groups is 1. The predicted octanol–water partition coefficient (Wildman–Crippen LogP) is 3.91. The Balaban J connectivity index is 1.71. The number of nitro benzene ring substituents is 2. The molecule has 37 heavy (non-hydrogen) atoms. The van der Waals surface area contributed by atoms with Crippen molar-refractivity contribution in [3.8, 4) is 5.75 Å². The summed E-state index contributed by atoms with van der Waals surface area (Å²) in [7, 11) is 0. The molecule has 0 spiro atoms. The summed E-state index contributed by atoms with van der Waals surface area (Å²) in [5, 5.41) is 40.4. The largest absolute Gasteiger partial charge is 0.507 e. The van der Waals surface area contributed by atoms with Crippen LogP contribution in [0.15, 0.2) is 81.8 Å². The quantitative estimate of drug-likeness (QED) is 0.214. The number of nitrogens with zero attached hydrogens (tertiary/aromatic N) is 6. The van der Waals surface area contributed by atoms with Gasteiger partial charge in [-0.05, 0) is 25.1 Å². The highest BCUT2D eigenvalue weighted by Crippen LogP contribution is 2.22. The van der Waals surface area contributed by atoms with Gasteiger partial charge >= 0.3 is 0 Å². The fourth-order valence-electron chi connectivity index (χ4n) is 3.34. The number of nitro groups is 2. The van der Waals surface area contributed by atoms with Gasteiger partial charge in [0.05, 0.1) is 33.2 Å². The highest BCUT2D eigenvalue weighted by molar-refractivity contribution is 5.84. The SMILES string of the molecule is CC(O/N=C/c1cccc([N+](=O)[O-])c1)c1nc2ccccc2c(=O)n1/N=C/c1cc([N+](=O)[O-])ccc1O. The molecule has 0 aliphatic heterocycles. The molecule has 0 aliphatic rings. The zero-order valence-electron chi connectivity index (χ0n) is 19.2. The monoisotopic (exact) mass is 502 g/mol. The van der Waals surface area contributed by atoms with Gasteiger partial charge in [-0.1, -0.05) is 29.4 Å². The van der Waals surface area contributed by atoms with E-state index < -0.39 is 21.5 Å². The second kappa shape index (κ2) is 10.4. The maximum atomic E-state index is 13.2. The van der Waals surface area contributed by atoms with Crippen molar-refractivity contribution in [2.75, 3.05) is 0 Å². The first kappa shape index (κ1) is 24.7. The second-order valence-electron chi connectivity index (χ2n) is 7.68. The maximum absolute atomic E-state index is 13.2. The van der Waals surface area contributed by atoms with Crippen LogP contribution in [0.5, 0.6) is 5.75 Å². The van der Waals surface area contributed by atoms with E-state index in [1.807, 2.05) is 0 Å². The van der Waals surface area contributed by atoms with Crippen LogP contribution >= 0.6 is 0 Å². The molecule has 0 fully saturated rings. The Morgan fingerprint density at radius 2 is 1.73 bits per heavy atom. The molecule has 0 bridgehead atoms. The first-order valence-corrected chi connectivity index (χ1v) is 10.7. The number of aromatic nitrogens is 2. The third-order valence-electron chi connectivity index (χ3n) is 5.18. The lowest BCUT2D eigenvalue weighted by molar-refractivity contribution is -0.385. The van der Waals surface area contributed by atoms with Crippen molar-refractivity contribution in [1.29, 1.82) is 0 Å². The van der Waals surface area contributed by atoms with Crippen molar-refractivity contribution < 1.29 is 19.8 Å². The van der Waals surface area contributed by atoms with Crippen molar-refractivity contribution in [3.05, 3.63) is 114 Å². The van der Waals surface area contributed by atoms with E-state index in [2.05, 4.69) is 15.2 Å². The lowest BCUT2D eigenvalue weighted by Crippen LogP contribution is -2.24. The highest BCUT2D eigenvalue weighted by atomic mass is 16.6. The van der Waals surface area contributed by atoms with Crippen LogP contribution in [0.25, 0.3) is 10.9 Å². The first-order valence-electron chi connectivity index (χ1n) is 10.7. The lowest BCUT2D eigenvalue weighted by atomic mass is 10.2. The first-order chi connectivity index (χ1) is 17.7. The van der Waals surface area contributed by atoms with Crippen molar-refractivity contribution in [1.82, 2.24) is 9.66 Å². The molecule has 13 heteroatoms. The van der Waals surface area contributed by atoms with E-state index >= 15 is 0 Å². The second-order valence-corrected chi connectivity index (χ2v) is 7.68. The number of phenols is 1. The molecule has 1 atom stereocenters. The fourth-order valence-corrected chi connectivity index (χ4v) is 3.34. The minimum Gasteiger partial charge on any atom is -0.507 e. The molecule has 4 rings (SSSR count). The summed E-state index contributed by atoms with van der Waals surface area (Å²) in [5.41, 5.74) is -0.108. The summed E-state index contributed by atoms with van der Waals surface area (Å²) < 4.78 is 0.953. The Morgan fingerprint density at radius 3 is 2.49 bits per heavy atom. The molecule has 0 saturated carbocycles. The third-order valence-corrected chi connectivity index (χ3v) is 5.18. The fraction of sp³-hybridized carbons (Fsp3) is 0.0833. The van der Waals surface area contributed by atoms with Gasteiger partial charge in [0.2, 0.25) is 0 Å². The normalized spacial score (nSPS) is 12.2. The van der Waals surface area contributed by atoms with Crippen LogP contribution in [-0.2, 0) is 4.84 Å². The average molecular weight is 502 g/mol.